The summed E-state index contributed by atoms with van der Waals surface area (Å²) in [5.74, 6) is -1.89. The van der Waals surface area contributed by atoms with Crippen molar-refractivity contribution in [2.45, 2.75) is 31.4 Å². The van der Waals surface area contributed by atoms with Crippen molar-refractivity contribution in [2.75, 3.05) is 18.5 Å². The van der Waals surface area contributed by atoms with Gasteiger partial charge in [-0.25, -0.2) is 9.78 Å². The van der Waals surface area contributed by atoms with Gasteiger partial charge in [-0.15, -0.1) is 0 Å². The number of alkyl halides is 3. The Bertz CT molecular complexity index is 1060. The molecule has 1 heterocycles. The van der Waals surface area contributed by atoms with Gasteiger partial charge in [-0.3, -0.25) is 4.79 Å². The van der Waals surface area contributed by atoms with Gasteiger partial charge in [0.05, 0.1) is 13.0 Å². The van der Waals surface area contributed by atoms with Crippen molar-refractivity contribution in [3.8, 4) is 5.75 Å². The second kappa shape index (κ2) is 14.3. The zero-order chi connectivity index (χ0) is 26.4. The molecule has 0 fully saturated rings. The first-order valence-corrected chi connectivity index (χ1v) is 11.1. The minimum Gasteiger partial charge on any atom is -0.494 e. The molecule has 3 aromatic rings. The van der Waals surface area contributed by atoms with E-state index in [1.807, 2.05) is 72.8 Å². The lowest BCUT2D eigenvalue weighted by atomic mass is 9.89. The molecule has 0 radical (unpaired) electrons. The van der Waals surface area contributed by atoms with Crippen LogP contribution in [0.2, 0.25) is 0 Å². The normalized spacial score (nSPS) is 11.5. The molecule has 7 nitrogen and oxygen atoms in total. The summed E-state index contributed by atoms with van der Waals surface area (Å²) in [6, 6.07) is 23.5. The number of carbonyl (C=O) groups is 2. The van der Waals surface area contributed by atoms with Gasteiger partial charge in [0.15, 0.2) is 0 Å². The Morgan fingerprint density at radius 1 is 0.944 bits per heavy atom. The zero-order valence-electron chi connectivity index (χ0n) is 19.3. The van der Waals surface area contributed by atoms with Gasteiger partial charge in [-0.1, -0.05) is 48.5 Å². The van der Waals surface area contributed by atoms with Crippen molar-refractivity contribution < 1.29 is 37.7 Å². The van der Waals surface area contributed by atoms with Gasteiger partial charge in [0.25, 0.3) is 0 Å². The fraction of sp³-hybridized carbons (Fsp3) is 0.269. The quantitative estimate of drug-likeness (QED) is 0.300. The molecule has 0 bridgehead atoms. The van der Waals surface area contributed by atoms with Crippen molar-refractivity contribution in [3.05, 3.63) is 90.1 Å². The number of aliphatic carboxylic acids is 2. The first-order chi connectivity index (χ1) is 17.1. The molecule has 36 heavy (non-hydrogen) atoms. The minimum atomic E-state index is -5.08. The number of hydrogen-bond donors (Lipinski definition) is 3. The molecule has 0 spiro atoms. The number of carboxylic acid groups (broad SMARTS) is 2. The van der Waals surface area contributed by atoms with Gasteiger partial charge in [0.1, 0.15) is 11.6 Å². The van der Waals surface area contributed by atoms with Crippen LogP contribution in [0.3, 0.4) is 0 Å². The number of benzene rings is 2. The van der Waals surface area contributed by atoms with Crippen LogP contribution in [0.4, 0.5) is 19.0 Å². The highest BCUT2D eigenvalue weighted by Gasteiger charge is 2.38. The summed E-state index contributed by atoms with van der Waals surface area (Å²) in [4.78, 5) is 24.4. The van der Waals surface area contributed by atoms with E-state index < -0.39 is 18.1 Å². The predicted molar refractivity (Wildman–Crippen MR) is 128 cm³/mol. The monoisotopic (exact) mass is 504 g/mol. The van der Waals surface area contributed by atoms with E-state index in [9.17, 15) is 23.1 Å². The fourth-order valence-electron chi connectivity index (χ4n) is 3.20. The number of nitrogens with one attached hydrogen (secondary N) is 1. The molecule has 1 unspecified atom stereocenters. The second-order valence-corrected chi connectivity index (χ2v) is 7.70. The SMILES string of the molecule is O=C(O)C(F)(F)F.O=C(O)CC(Cc1ccc(OCCCNc2ccccn2)cc1)c1ccccc1. The number of rotatable bonds is 11. The molecule has 192 valence electrons. The molecule has 0 saturated heterocycles. The third-order valence-electron chi connectivity index (χ3n) is 4.90. The van der Waals surface area contributed by atoms with Crippen LogP contribution in [0.1, 0.15) is 29.9 Å². The lowest BCUT2D eigenvalue weighted by Gasteiger charge is -2.16. The number of nitrogens with zero attached hydrogens (tertiary/aromatic N) is 1. The molecular formula is C26H27F3N2O5. The average molecular weight is 505 g/mol. The van der Waals surface area contributed by atoms with Crippen LogP contribution in [0, 0.1) is 0 Å². The van der Waals surface area contributed by atoms with Gasteiger partial charge in [0.2, 0.25) is 0 Å². The molecule has 0 amide bonds. The van der Waals surface area contributed by atoms with Gasteiger partial charge in [0, 0.05) is 12.7 Å². The summed E-state index contributed by atoms with van der Waals surface area (Å²) in [5, 5.41) is 19.6. The van der Waals surface area contributed by atoms with Gasteiger partial charge < -0.3 is 20.3 Å². The molecule has 1 atom stereocenters. The van der Waals surface area contributed by atoms with Crippen LogP contribution in [0.15, 0.2) is 79.0 Å². The van der Waals surface area contributed by atoms with Crippen LogP contribution >= 0.6 is 0 Å². The molecule has 10 heteroatoms. The number of pyridine rings is 1. The second-order valence-electron chi connectivity index (χ2n) is 7.70. The first kappa shape index (κ1) is 28.2. The number of anilines is 1. The highest BCUT2D eigenvalue weighted by atomic mass is 19.4. The molecule has 0 aliphatic rings. The third kappa shape index (κ3) is 10.9. The standard InChI is InChI=1S/C24H26N2O3.C2HF3O2/c27-24(28)18-21(20-7-2-1-3-8-20)17-19-10-12-22(13-11-19)29-16-6-15-26-23-9-4-5-14-25-23;3-2(4,5)1(6)7/h1-5,7-14,21H,6,15-18H2,(H,25,26)(H,27,28);(H,6,7). The van der Waals surface area contributed by atoms with E-state index in [1.54, 1.807) is 6.20 Å². The van der Waals surface area contributed by atoms with Crippen molar-refractivity contribution >= 4 is 17.8 Å². The zero-order valence-corrected chi connectivity index (χ0v) is 19.3. The highest BCUT2D eigenvalue weighted by molar-refractivity contribution is 5.73. The smallest absolute Gasteiger partial charge is 0.490 e. The highest BCUT2D eigenvalue weighted by Crippen LogP contribution is 2.25. The van der Waals surface area contributed by atoms with Gasteiger partial charge in [-0.05, 0) is 54.2 Å². The van der Waals surface area contributed by atoms with Gasteiger partial charge in [-0.2, -0.15) is 13.2 Å². The van der Waals surface area contributed by atoms with E-state index in [-0.39, 0.29) is 12.3 Å². The lowest BCUT2D eigenvalue weighted by molar-refractivity contribution is -0.192. The Labute approximate surface area is 206 Å². The Morgan fingerprint density at radius 2 is 1.58 bits per heavy atom. The Morgan fingerprint density at radius 3 is 2.14 bits per heavy atom. The first-order valence-electron chi connectivity index (χ1n) is 11.1. The van der Waals surface area contributed by atoms with Crippen LogP contribution in [-0.4, -0.2) is 46.5 Å². The summed E-state index contributed by atoms with van der Waals surface area (Å²) in [5.41, 5.74) is 2.15. The third-order valence-corrected chi connectivity index (χ3v) is 4.90. The predicted octanol–water partition coefficient (Wildman–Crippen LogP) is 5.40. The van der Waals surface area contributed by atoms with Crippen molar-refractivity contribution in [1.82, 2.24) is 4.98 Å². The average Bonchev–Trinajstić information content (AvgIpc) is 2.85. The number of aromatic nitrogens is 1. The topological polar surface area (TPSA) is 109 Å². The number of carboxylic acids is 2. The molecule has 1 aromatic heterocycles. The molecule has 0 saturated carbocycles. The molecule has 0 aliphatic heterocycles. The summed E-state index contributed by atoms with van der Waals surface area (Å²) < 4.78 is 37.5. The minimum absolute atomic E-state index is 0.0434. The van der Waals surface area contributed by atoms with Gasteiger partial charge >= 0.3 is 18.1 Å². The van der Waals surface area contributed by atoms with Crippen molar-refractivity contribution in [1.29, 1.82) is 0 Å². The summed E-state index contributed by atoms with van der Waals surface area (Å²) in [7, 11) is 0. The fourth-order valence-corrected chi connectivity index (χ4v) is 3.20. The molecular weight excluding hydrogens is 477 g/mol. The van der Waals surface area contributed by atoms with Crippen LogP contribution in [0.25, 0.3) is 0 Å². The molecule has 3 rings (SSSR count). The summed E-state index contributed by atoms with van der Waals surface area (Å²) >= 11 is 0. The van der Waals surface area contributed by atoms with Crippen molar-refractivity contribution in [3.63, 3.8) is 0 Å². The number of hydrogen-bond acceptors (Lipinski definition) is 5. The maximum absolute atomic E-state index is 11.3. The molecule has 2 aromatic carbocycles. The maximum atomic E-state index is 11.3. The van der Waals surface area contributed by atoms with E-state index in [1.165, 1.54) is 0 Å². The van der Waals surface area contributed by atoms with E-state index in [0.29, 0.717) is 13.0 Å². The maximum Gasteiger partial charge on any atom is 0.490 e. The molecule has 3 N–H and O–H groups in total. The molecule has 0 aliphatic carbocycles. The van der Waals surface area contributed by atoms with E-state index in [2.05, 4.69) is 10.3 Å². The largest absolute Gasteiger partial charge is 0.494 e. The van der Waals surface area contributed by atoms with E-state index in [0.717, 1.165) is 35.7 Å². The number of ether oxygens (including phenoxy) is 1. The van der Waals surface area contributed by atoms with Crippen molar-refractivity contribution in [2.24, 2.45) is 0 Å². The summed E-state index contributed by atoms with van der Waals surface area (Å²) in [6.45, 7) is 1.41. The summed E-state index contributed by atoms with van der Waals surface area (Å²) in [6.07, 6.45) is -1.65. The Kier molecular flexibility index (Phi) is 11.2. The number of halogens is 3. The Balaban J connectivity index is 0.000000572. The van der Waals surface area contributed by atoms with E-state index in [4.69, 9.17) is 14.6 Å². The van der Waals surface area contributed by atoms with Crippen LogP contribution in [-0.2, 0) is 16.0 Å². The Hall–Kier alpha value is -4.08. The lowest BCUT2D eigenvalue weighted by Crippen LogP contribution is -2.21. The van der Waals surface area contributed by atoms with Crippen LogP contribution in [0.5, 0.6) is 5.75 Å². The van der Waals surface area contributed by atoms with E-state index >= 15 is 0 Å². The van der Waals surface area contributed by atoms with Crippen LogP contribution < -0.4 is 10.1 Å².